The molecule has 2 fully saturated rings. The lowest BCUT2D eigenvalue weighted by Gasteiger charge is -2.40. The van der Waals surface area contributed by atoms with Gasteiger partial charge in [0.1, 0.15) is 12.4 Å². The Morgan fingerprint density at radius 3 is 2.65 bits per heavy atom. The molecule has 1 atom stereocenters. The zero-order chi connectivity index (χ0) is 23.9. The second-order valence-electron chi connectivity index (χ2n) is 8.75. The highest BCUT2D eigenvalue weighted by Crippen LogP contribution is 2.27. The lowest BCUT2D eigenvalue weighted by molar-refractivity contribution is 0.0321. The number of carbonyl (C=O) groups is 2. The van der Waals surface area contributed by atoms with Crippen molar-refractivity contribution in [3.8, 4) is 5.75 Å². The van der Waals surface area contributed by atoms with Gasteiger partial charge in [0.15, 0.2) is 0 Å². The van der Waals surface area contributed by atoms with Crippen molar-refractivity contribution in [2.24, 2.45) is 0 Å². The zero-order valence-corrected chi connectivity index (χ0v) is 20.0. The molecule has 0 aromatic heterocycles. The van der Waals surface area contributed by atoms with Crippen LogP contribution in [-0.2, 0) is 4.74 Å². The molecule has 0 spiro atoms. The number of nitrogens with zero attached hydrogens (tertiary/aromatic N) is 3. The van der Waals surface area contributed by atoms with Crippen LogP contribution in [0.5, 0.6) is 5.75 Å². The third-order valence-corrected chi connectivity index (χ3v) is 6.58. The molecule has 2 aliphatic heterocycles. The van der Waals surface area contributed by atoms with E-state index in [0.29, 0.717) is 36.6 Å². The van der Waals surface area contributed by atoms with Crippen LogP contribution in [0.1, 0.15) is 32.3 Å². The SMILES string of the molecule is CNC(=O)c1cccc([C@@H]2CN(C(=O)c3ccccc3OCCN3CCOCC3)CCN2C)c1. The standard InChI is InChI=1S/C26H34N4O4/c1-27-25(31)21-7-5-6-20(18-21)23-19-30(11-10-28(23)2)26(32)22-8-3-4-9-24(22)34-17-14-29-12-15-33-16-13-29/h3-9,18,23H,10-17,19H2,1-2H3,(H,27,31)/t23-/m0/s1. The maximum atomic E-state index is 13.5. The lowest BCUT2D eigenvalue weighted by Crippen LogP contribution is -2.49. The normalized spacial score (nSPS) is 19.6. The number of ether oxygens (including phenoxy) is 2. The number of hydrogen-bond acceptors (Lipinski definition) is 6. The van der Waals surface area contributed by atoms with Crippen LogP contribution in [0.15, 0.2) is 48.5 Å². The number of piperazine rings is 1. The Kier molecular flexibility index (Phi) is 8.16. The van der Waals surface area contributed by atoms with Crippen LogP contribution < -0.4 is 10.1 Å². The van der Waals surface area contributed by atoms with E-state index in [1.807, 2.05) is 47.4 Å². The van der Waals surface area contributed by atoms with Gasteiger partial charge in [-0.1, -0.05) is 24.3 Å². The summed E-state index contributed by atoms with van der Waals surface area (Å²) in [7, 11) is 3.68. The fourth-order valence-electron chi connectivity index (χ4n) is 4.50. The first-order valence-corrected chi connectivity index (χ1v) is 11.9. The number of rotatable bonds is 7. The summed E-state index contributed by atoms with van der Waals surface area (Å²) in [5.41, 5.74) is 2.24. The van der Waals surface area contributed by atoms with Crippen molar-refractivity contribution in [1.82, 2.24) is 20.0 Å². The van der Waals surface area contributed by atoms with Crippen LogP contribution in [0.2, 0.25) is 0 Å². The highest BCUT2D eigenvalue weighted by atomic mass is 16.5. The molecule has 34 heavy (non-hydrogen) atoms. The average Bonchev–Trinajstić information content (AvgIpc) is 2.89. The number of amides is 2. The molecule has 0 unspecified atom stereocenters. The van der Waals surface area contributed by atoms with Gasteiger partial charge in [-0.2, -0.15) is 0 Å². The molecule has 182 valence electrons. The monoisotopic (exact) mass is 466 g/mol. The Balaban J connectivity index is 1.44. The van der Waals surface area contributed by atoms with Gasteiger partial charge in [-0.25, -0.2) is 0 Å². The van der Waals surface area contributed by atoms with Gasteiger partial charge >= 0.3 is 0 Å². The van der Waals surface area contributed by atoms with E-state index in [0.717, 1.165) is 45.0 Å². The van der Waals surface area contributed by atoms with Crippen molar-refractivity contribution in [2.75, 3.05) is 73.2 Å². The molecular weight excluding hydrogens is 432 g/mol. The van der Waals surface area contributed by atoms with E-state index in [2.05, 4.69) is 22.2 Å². The van der Waals surface area contributed by atoms with Gasteiger partial charge in [0.2, 0.25) is 0 Å². The van der Waals surface area contributed by atoms with Crippen molar-refractivity contribution in [3.63, 3.8) is 0 Å². The fourth-order valence-corrected chi connectivity index (χ4v) is 4.50. The summed E-state index contributed by atoms with van der Waals surface area (Å²) < 4.78 is 11.5. The minimum absolute atomic E-state index is 0.0108. The van der Waals surface area contributed by atoms with Crippen molar-refractivity contribution in [1.29, 1.82) is 0 Å². The van der Waals surface area contributed by atoms with E-state index >= 15 is 0 Å². The number of para-hydroxylation sites is 1. The largest absolute Gasteiger partial charge is 0.491 e. The Morgan fingerprint density at radius 1 is 1.06 bits per heavy atom. The quantitative estimate of drug-likeness (QED) is 0.672. The fraction of sp³-hybridized carbons (Fsp3) is 0.462. The van der Waals surface area contributed by atoms with Crippen LogP contribution in [0, 0.1) is 0 Å². The molecule has 2 amide bonds. The highest BCUT2D eigenvalue weighted by Gasteiger charge is 2.30. The second-order valence-corrected chi connectivity index (χ2v) is 8.75. The molecule has 0 aliphatic carbocycles. The van der Waals surface area contributed by atoms with Crippen LogP contribution in [0.25, 0.3) is 0 Å². The van der Waals surface area contributed by atoms with Gasteiger partial charge < -0.3 is 19.7 Å². The Labute approximate surface area is 201 Å². The maximum Gasteiger partial charge on any atom is 0.257 e. The van der Waals surface area contributed by atoms with Crippen molar-refractivity contribution in [2.45, 2.75) is 6.04 Å². The first kappa shape index (κ1) is 24.2. The molecule has 4 rings (SSSR count). The van der Waals surface area contributed by atoms with E-state index < -0.39 is 0 Å². The van der Waals surface area contributed by atoms with Gasteiger partial charge in [0, 0.05) is 51.9 Å². The number of morpholine rings is 1. The van der Waals surface area contributed by atoms with Crippen molar-refractivity contribution in [3.05, 3.63) is 65.2 Å². The summed E-state index contributed by atoms with van der Waals surface area (Å²) in [6.45, 7) is 6.61. The molecule has 1 N–H and O–H groups in total. The third-order valence-electron chi connectivity index (χ3n) is 6.58. The van der Waals surface area contributed by atoms with E-state index in [1.165, 1.54) is 0 Å². The zero-order valence-electron chi connectivity index (χ0n) is 20.0. The molecule has 2 saturated heterocycles. The molecular formula is C26H34N4O4. The maximum absolute atomic E-state index is 13.5. The summed E-state index contributed by atoms with van der Waals surface area (Å²) in [5, 5.41) is 2.67. The lowest BCUT2D eigenvalue weighted by atomic mass is 9.99. The predicted octanol–water partition coefficient (Wildman–Crippen LogP) is 1.89. The summed E-state index contributed by atoms with van der Waals surface area (Å²) in [5.74, 6) is 0.483. The molecule has 0 saturated carbocycles. The molecule has 2 aromatic carbocycles. The summed E-state index contributed by atoms with van der Waals surface area (Å²) in [6, 6.07) is 15.1. The van der Waals surface area contributed by atoms with Crippen LogP contribution in [0.3, 0.4) is 0 Å². The van der Waals surface area contributed by atoms with Gasteiger partial charge in [-0.15, -0.1) is 0 Å². The molecule has 8 heteroatoms. The second kappa shape index (κ2) is 11.5. The molecule has 0 radical (unpaired) electrons. The highest BCUT2D eigenvalue weighted by molar-refractivity contribution is 5.97. The average molecular weight is 467 g/mol. The van der Waals surface area contributed by atoms with Gasteiger partial charge in [0.05, 0.1) is 24.8 Å². The minimum atomic E-state index is -0.114. The van der Waals surface area contributed by atoms with Crippen molar-refractivity contribution < 1.29 is 19.1 Å². The van der Waals surface area contributed by atoms with Crippen molar-refractivity contribution >= 4 is 11.8 Å². The minimum Gasteiger partial charge on any atom is -0.491 e. The molecule has 0 bridgehead atoms. The number of likely N-dealkylation sites (N-methyl/N-ethyl adjacent to an activating group) is 1. The summed E-state index contributed by atoms with van der Waals surface area (Å²) in [6.07, 6.45) is 0. The molecule has 2 heterocycles. The number of benzene rings is 2. The smallest absolute Gasteiger partial charge is 0.257 e. The van der Waals surface area contributed by atoms with E-state index in [9.17, 15) is 9.59 Å². The van der Waals surface area contributed by atoms with E-state index in [4.69, 9.17) is 9.47 Å². The summed E-state index contributed by atoms with van der Waals surface area (Å²) in [4.78, 5) is 32.1. The van der Waals surface area contributed by atoms with Gasteiger partial charge in [0.25, 0.3) is 11.8 Å². The number of carbonyl (C=O) groups excluding carboxylic acids is 2. The first-order valence-electron chi connectivity index (χ1n) is 11.9. The Morgan fingerprint density at radius 2 is 1.85 bits per heavy atom. The Bertz CT molecular complexity index is 992. The van der Waals surface area contributed by atoms with Gasteiger partial charge in [-0.3, -0.25) is 19.4 Å². The Hall–Kier alpha value is -2.94. The molecule has 2 aliphatic rings. The van der Waals surface area contributed by atoms with E-state index in [-0.39, 0.29) is 17.9 Å². The molecule has 8 nitrogen and oxygen atoms in total. The summed E-state index contributed by atoms with van der Waals surface area (Å²) >= 11 is 0. The van der Waals surface area contributed by atoms with Crippen LogP contribution in [-0.4, -0.2) is 99.7 Å². The first-order chi connectivity index (χ1) is 16.6. The topological polar surface area (TPSA) is 74.3 Å². The number of nitrogens with one attached hydrogen (secondary N) is 1. The van der Waals surface area contributed by atoms with E-state index in [1.54, 1.807) is 13.1 Å². The number of hydrogen-bond donors (Lipinski definition) is 1. The predicted molar refractivity (Wildman–Crippen MR) is 130 cm³/mol. The third kappa shape index (κ3) is 5.75. The van der Waals surface area contributed by atoms with Gasteiger partial charge in [-0.05, 0) is 36.9 Å². The van der Waals surface area contributed by atoms with Crippen LogP contribution in [0.4, 0.5) is 0 Å². The van der Waals surface area contributed by atoms with Crippen LogP contribution >= 0.6 is 0 Å². The molecule has 2 aromatic rings.